The summed E-state index contributed by atoms with van der Waals surface area (Å²) in [4.78, 5) is 11.8. The molecule has 1 unspecified atom stereocenters. The highest BCUT2D eigenvalue weighted by Gasteiger charge is 2.57. The number of hydrogen-bond acceptors (Lipinski definition) is 3. The zero-order valence-electron chi connectivity index (χ0n) is 24.1. The second-order valence-corrected chi connectivity index (χ2v) is 19.2. The fourth-order valence-corrected chi connectivity index (χ4v) is 9.68. The predicted octanol–water partition coefficient (Wildman–Crippen LogP) is 8.47. The molecule has 198 valence electrons. The van der Waals surface area contributed by atoms with Crippen LogP contribution in [0.5, 0.6) is 0 Å². The molecule has 0 aromatic rings. The standard InChI is InChI=1S/C31H52O3Si/c1-21(10-15-28(32)33-7)25-13-14-26-24-12-11-22-20-23(34-35(8,9)29(2,3)4)16-18-30(22,5)27(24)17-19-31(25,26)6/h11-12,21,23,25-27H,10,13-20H2,1-9H3/t21-,23?,25-,26+,27+,30+,31-/m1/s1. The lowest BCUT2D eigenvalue weighted by atomic mass is 9.50. The molecule has 0 amide bonds. The van der Waals surface area contributed by atoms with Crippen LogP contribution in [0.3, 0.4) is 0 Å². The Morgan fingerprint density at radius 3 is 2.46 bits per heavy atom. The lowest BCUT2D eigenvalue weighted by molar-refractivity contribution is -0.141. The van der Waals surface area contributed by atoms with Crippen molar-refractivity contribution in [3.05, 3.63) is 23.3 Å². The van der Waals surface area contributed by atoms with Crippen LogP contribution in [0.15, 0.2) is 23.3 Å². The molecular weight excluding hydrogens is 448 g/mol. The Morgan fingerprint density at radius 1 is 1.09 bits per heavy atom. The third-order valence-electron chi connectivity index (χ3n) is 11.6. The van der Waals surface area contributed by atoms with Crippen molar-refractivity contribution in [2.45, 2.75) is 124 Å². The Balaban J connectivity index is 1.51. The number of rotatable bonds is 6. The van der Waals surface area contributed by atoms with E-state index < -0.39 is 8.32 Å². The Bertz CT molecular complexity index is 880. The van der Waals surface area contributed by atoms with E-state index in [2.05, 4.69) is 66.8 Å². The normalized spacial score (nSPS) is 38.0. The van der Waals surface area contributed by atoms with E-state index in [1.165, 1.54) is 45.6 Å². The summed E-state index contributed by atoms with van der Waals surface area (Å²) in [7, 11) is -0.236. The number of fused-ring (bicyclic) bond motifs is 5. The summed E-state index contributed by atoms with van der Waals surface area (Å²) < 4.78 is 11.8. The smallest absolute Gasteiger partial charge is 0.305 e. The average molecular weight is 501 g/mol. The van der Waals surface area contributed by atoms with Gasteiger partial charge in [0.05, 0.1) is 7.11 Å². The molecule has 0 N–H and O–H groups in total. The largest absolute Gasteiger partial charge is 0.469 e. The summed E-state index contributed by atoms with van der Waals surface area (Å²) in [6.45, 7) is 19.4. The maximum absolute atomic E-state index is 11.8. The Labute approximate surface area is 216 Å². The predicted molar refractivity (Wildman–Crippen MR) is 148 cm³/mol. The molecule has 0 saturated heterocycles. The zero-order chi connectivity index (χ0) is 25.8. The van der Waals surface area contributed by atoms with Gasteiger partial charge in [0.15, 0.2) is 8.32 Å². The van der Waals surface area contributed by atoms with E-state index in [9.17, 15) is 4.79 Å². The Morgan fingerprint density at radius 2 is 1.80 bits per heavy atom. The number of allylic oxidation sites excluding steroid dienone is 3. The molecule has 0 radical (unpaired) electrons. The third-order valence-corrected chi connectivity index (χ3v) is 16.1. The van der Waals surface area contributed by atoms with Crippen molar-refractivity contribution in [3.8, 4) is 0 Å². The Hall–Kier alpha value is -0.873. The van der Waals surface area contributed by atoms with Crippen molar-refractivity contribution in [3.63, 3.8) is 0 Å². The first kappa shape index (κ1) is 27.2. The minimum atomic E-state index is -1.74. The fraction of sp³-hybridized carbons (Fsp3) is 0.839. The highest BCUT2D eigenvalue weighted by Crippen LogP contribution is 2.66. The maximum atomic E-state index is 11.8. The van der Waals surface area contributed by atoms with Gasteiger partial charge in [-0.3, -0.25) is 4.79 Å². The number of hydrogen-bond donors (Lipinski definition) is 0. The summed E-state index contributed by atoms with van der Waals surface area (Å²) in [5, 5.41) is 0.266. The van der Waals surface area contributed by atoms with Crippen LogP contribution >= 0.6 is 0 Å². The molecule has 3 nitrogen and oxygen atoms in total. The van der Waals surface area contributed by atoms with E-state index in [-0.39, 0.29) is 11.0 Å². The van der Waals surface area contributed by atoms with Crippen LogP contribution in [0.25, 0.3) is 0 Å². The molecule has 35 heavy (non-hydrogen) atoms. The lowest BCUT2D eigenvalue weighted by Crippen LogP contribution is -2.49. The molecule has 3 fully saturated rings. The number of esters is 1. The zero-order valence-corrected chi connectivity index (χ0v) is 25.1. The summed E-state index contributed by atoms with van der Waals surface area (Å²) in [6.07, 6.45) is 15.9. The summed E-state index contributed by atoms with van der Waals surface area (Å²) >= 11 is 0. The van der Waals surface area contributed by atoms with Gasteiger partial charge in [-0.1, -0.05) is 64.8 Å². The van der Waals surface area contributed by atoms with Gasteiger partial charge in [0.1, 0.15) is 0 Å². The van der Waals surface area contributed by atoms with Crippen LogP contribution in [-0.2, 0) is 14.0 Å². The van der Waals surface area contributed by atoms with Crippen molar-refractivity contribution >= 4 is 14.3 Å². The van der Waals surface area contributed by atoms with Crippen LogP contribution in [0.4, 0.5) is 0 Å². The van der Waals surface area contributed by atoms with E-state index in [1.54, 1.807) is 11.1 Å². The summed E-state index contributed by atoms with van der Waals surface area (Å²) in [6, 6.07) is 0. The van der Waals surface area contributed by atoms with Crippen molar-refractivity contribution in [2.75, 3.05) is 7.11 Å². The number of ether oxygens (including phenoxy) is 1. The first-order valence-corrected chi connectivity index (χ1v) is 17.3. The van der Waals surface area contributed by atoms with Crippen LogP contribution in [0, 0.1) is 34.5 Å². The quantitative estimate of drug-likeness (QED) is 0.271. The molecule has 7 atom stereocenters. The van der Waals surface area contributed by atoms with Gasteiger partial charge in [0.25, 0.3) is 0 Å². The highest BCUT2D eigenvalue weighted by atomic mass is 28.4. The van der Waals surface area contributed by atoms with Crippen molar-refractivity contribution in [1.82, 2.24) is 0 Å². The van der Waals surface area contributed by atoms with Gasteiger partial charge in [-0.25, -0.2) is 0 Å². The molecule has 4 rings (SSSR count). The van der Waals surface area contributed by atoms with E-state index >= 15 is 0 Å². The number of methoxy groups -OCH3 is 1. The van der Waals surface area contributed by atoms with Gasteiger partial charge < -0.3 is 9.16 Å². The molecule has 4 aliphatic rings. The summed E-state index contributed by atoms with van der Waals surface area (Å²) in [5.41, 5.74) is 4.11. The molecule has 0 aromatic heterocycles. The first-order chi connectivity index (χ1) is 16.2. The van der Waals surface area contributed by atoms with Crippen molar-refractivity contribution in [1.29, 1.82) is 0 Å². The monoisotopic (exact) mass is 500 g/mol. The van der Waals surface area contributed by atoms with Gasteiger partial charge in [0, 0.05) is 12.5 Å². The molecule has 4 aliphatic carbocycles. The molecule has 3 saturated carbocycles. The SMILES string of the molecule is COC(=O)CC[C@@H](C)[C@H]1CC[C@H]2C3=CC=C4CC(O[Si](C)(C)C(C)(C)C)CC[C@]4(C)[C@H]3CC[C@]12C. The van der Waals surface area contributed by atoms with Crippen LogP contribution < -0.4 is 0 Å². The molecule has 0 aromatic carbocycles. The van der Waals surface area contributed by atoms with Crippen LogP contribution in [0.1, 0.15) is 99.3 Å². The van der Waals surface area contributed by atoms with Crippen LogP contribution in [-0.4, -0.2) is 27.5 Å². The van der Waals surface area contributed by atoms with E-state index in [4.69, 9.17) is 9.16 Å². The fourth-order valence-electron chi connectivity index (χ4n) is 8.29. The second-order valence-electron chi connectivity index (χ2n) is 14.4. The highest BCUT2D eigenvalue weighted by molar-refractivity contribution is 6.74. The van der Waals surface area contributed by atoms with E-state index in [1.807, 2.05) is 0 Å². The average Bonchev–Trinajstić information content (AvgIpc) is 3.13. The minimum Gasteiger partial charge on any atom is -0.469 e. The molecule has 0 heterocycles. The topological polar surface area (TPSA) is 35.5 Å². The number of carbonyl (C=O) groups excluding carboxylic acids is 1. The molecule has 0 aliphatic heterocycles. The van der Waals surface area contributed by atoms with Gasteiger partial charge in [-0.15, -0.1) is 0 Å². The molecule has 0 spiro atoms. The minimum absolute atomic E-state index is 0.0611. The van der Waals surface area contributed by atoms with Gasteiger partial charge >= 0.3 is 5.97 Å². The lowest BCUT2D eigenvalue weighted by Gasteiger charge is -2.56. The number of carbonyl (C=O) groups is 1. The van der Waals surface area contributed by atoms with E-state index in [0.717, 1.165) is 12.8 Å². The maximum Gasteiger partial charge on any atom is 0.305 e. The molecule has 0 bridgehead atoms. The van der Waals surface area contributed by atoms with Crippen molar-refractivity contribution in [2.24, 2.45) is 34.5 Å². The third kappa shape index (κ3) is 4.76. The molecule has 4 heteroatoms. The first-order valence-electron chi connectivity index (χ1n) is 14.4. The molecular formula is C31H52O3Si. The second kappa shape index (κ2) is 9.46. The van der Waals surface area contributed by atoms with Crippen molar-refractivity contribution < 1.29 is 14.0 Å². The van der Waals surface area contributed by atoms with Gasteiger partial charge in [-0.2, -0.15) is 0 Å². The van der Waals surface area contributed by atoms with Gasteiger partial charge in [0.2, 0.25) is 0 Å². The van der Waals surface area contributed by atoms with Gasteiger partial charge in [-0.05, 0) is 104 Å². The van der Waals surface area contributed by atoms with E-state index in [0.29, 0.717) is 47.0 Å². The summed E-state index contributed by atoms with van der Waals surface area (Å²) in [5.74, 6) is 2.65. The Kier molecular flexibility index (Phi) is 7.34. The van der Waals surface area contributed by atoms with Crippen LogP contribution in [0.2, 0.25) is 18.1 Å².